The second-order valence-corrected chi connectivity index (χ2v) is 10.5. The van der Waals surface area contributed by atoms with Crippen LogP contribution in [-0.4, -0.2) is 43.5 Å². The standard InChI is InChI=1S/C26H32N2O3S/c1-18(13-19-3-8-23-24(14-19)31-17-30-23)16-28-11-9-26(10-12-28)15-22(26)25(29)27-20-4-6-21(32-2)7-5-20/h3-8,14,18,22H,9-13,15-17H2,1-2H3,(H,27,29). The number of nitrogens with one attached hydrogen (secondary N) is 1. The SMILES string of the molecule is CSc1ccc(NC(=O)C2CC23CCN(CC(C)Cc2ccc4c(c2)OCO4)CC3)cc1. The Morgan fingerprint density at radius 1 is 1.16 bits per heavy atom. The van der Waals surface area contributed by atoms with Crippen LogP contribution in [0.3, 0.4) is 0 Å². The van der Waals surface area contributed by atoms with E-state index in [4.69, 9.17) is 9.47 Å². The fraction of sp³-hybridized carbons (Fsp3) is 0.500. The molecule has 5 nitrogen and oxygen atoms in total. The second-order valence-electron chi connectivity index (χ2n) is 9.63. The lowest BCUT2D eigenvalue weighted by Crippen LogP contribution is -2.39. The minimum atomic E-state index is 0.177. The number of fused-ring (bicyclic) bond motifs is 1. The molecule has 1 amide bonds. The Kier molecular flexibility index (Phi) is 6.08. The van der Waals surface area contributed by atoms with Crippen LogP contribution in [0.1, 0.15) is 31.7 Å². The number of thioether (sulfide) groups is 1. The highest BCUT2D eigenvalue weighted by Gasteiger charge is 2.58. The van der Waals surface area contributed by atoms with Crippen molar-refractivity contribution >= 4 is 23.4 Å². The van der Waals surface area contributed by atoms with Crippen molar-refractivity contribution in [2.45, 2.75) is 37.5 Å². The average molecular weight is 453 g/mol. The van der Waals surface area contributed by atoms with Crippen molar-refractivity contribution in [3.8, 4) is 11.5 Å². The molecule has 1 N–H and O–H groups in total. The van der Waals surface area contributed by atoms with E-state index in [1.54, 1.807) is 11.8 Å². The third kappa shape index (κ3) is 4.62. The van der Waals surface area contributed by atoms with Crippen molar-refractivity contribution in [1.29, 1.82) is 0 Å². The van der Waals surface area contributed by atoms with Crippen molar-refractivity contribution in [3.05, 3.63) is 48.0 Å². The molecule has 0 aromatic heterocycles. The molecule has 1 spiro atoms. The maximum atomic E-state index is 12.8. The van der Waals surface area contributed by atoms with E-state index in [0.29, 0.717) is 12.7 Å². The third-order valence-corrected chi connectivity index (χ3v) is 8.05. The first-order chi connectivity index (χ1) is 15.5. The smallest absolute Gasteiger partial charge is 0.231 e. The Morgan fingerprint density at radius 3 is 2.66 bits per heavy atom. The molecule has 2 aliphatic heterocycles. The first-order valence-corrected chi connectivity index (χ1v) is 12.8. The molecule has 170 valence electrons. The summed E-state index contributed by atoms with van der Waals surface area (Å²) in [5, 5.41) is 3.13. The van der Waals surface area contributed by atoms with Crippen molar-refractivity contribution in [3.63, 3.8) is 0 Å². The maximum Gasteiger partial charge on any atom is 0.231 e. The fourth-order valence-electron chi connectivity index (χ4n) is 5.33. The second kappa shape index (κ2) is 8.99. The van der Waals surface area contributed by atoms with E-state index in [9.17, 15) is 4.79 Å². The lowest BCUT2D eigenvalue weighted by atomic mass is 9.89. The Labute approximate surface area is 194 Å². The highest BCUT2D eigenvalue weighted by molar-refractivity contribution is 7.98. The average Bonchev–Trinajstić information content (AvgIpc) is 3.29. The Balaban J connectivity index is 1.08. The zero-order valence-electron chi connectivity index (χ0n) is 18.9. The topological polar surface area (TPSA) is 50.8 Å². The Bertz CT molecular complexity index is 970. The highest BCUT2D eigenvalue weighted by atomic mass is 32.2. The molecule has 2 heterocycles. The van der Waals surface area contributed by atoms with Gasteiger partial charge in [-0.05, 0) is 98.3 Å². The summed E-state index contributed by atoms with van der Waals surface area (Å²) in [7, 11) is 0. The molecular weight excluding hydrogens is 420 g/mol. The summed E-state index contributed by atoms with van der Waals surface area (Å²) < 4.78 is 10.9. The monoisotopic (exact) mass is 452 g/mol. The van der Waals surface area contributed by atoms with Crippen LogP contribution in [0.5, 0.6) is 11.5 Å². The van der Waals surface area contributed by atoms with Gasteiger partial charge in [-0.25, -0.2) is 0 Å². The van der Waals surface area contributed by atoms with Crippen molar-refractivity contribution < 1.29 is 14.3 Å². The fourth-order valence-corrected chi connectivity index (χ4v) is 5.74. The number of anilines is 1. The van der Waals surface area contributed by atoms with Crippen molar-refractivity contribution in [2.75, 3.05) is 38.0 Å². The van der Waals surface area contributed by atoms with Crippen LogP contribution in [0, 0.1) is 17.3 Å². The number of amides is 1. The minimum Gasteiger partial charge on any atom is -0.454 e. The van der Waals surface area contributed by atoms with E-state index in [1.165, 1.54) is 10.5 Å². The summed E-state index contributed by atoms with van der Waals surface area (Å²) in [4.78, 5) is 16.6. The van der Waals surface area contributed by atoms with Crippen LogP contribution < -0.4 is 14.8 Å². The van der Waals surface area contributed by atoms with E-state index in [2.05, 4.69) is 47.7 Å². The Hall–Kier alpha value is -2.18. The van der Waals surface area contributed by atoms with E-state index < -0.39 is 0 Å². The van der Waals surface area contributed by atoms with Gasteiger partial charge in [0, 0.05) is 23.0 Å². The zero-order chi connectivity index (χ0) is 22.1. The lowest BCUT2D eigenvalue weighted by molar-refractivity contribution is -0.118. The van der Waals surface area contributed by atoms with Crippen molar-refractivity contribution in [2.24, 2.45) is 17.3 Å². The van der Waals surface area contributed by atoms with Crippen LogP contribution in [0.15, 0.2) is 47.4 Å². The van der Waals surface area contributed by atoms with E-state index >= 15 is 0 Å². The van der Waals surface area contributed by atoms with Crippen LogP contribution >= 0.6 is 11.8 Å². The van der Waals surface area contributed by atoms with E-state index in [0.717, 1.165) is 62.5 Å². The molecule has 2 aromatic carbocycles. The van der Waals surface area contributed by atoms with Gasteiger partial charge in [-0.3, -0.25) is 4.79 Å². The number of carbonyl (C=O) groups excluding carboxylic acids is 1. The van der Waals surface area contributed by atoms with Gasteiger partial charge in [0.2, 0.25) is 12.7 Å². The summed E-state index contributed by atoms with van der Waals surface area (Å²) >= 11 is 1.71. The minimum absolute atomic E-state index is 0.177. The van der Waals surface area contributed by atoms with Gasteiger partial charge in [0.15, 0.2) is 11.5 Å². The third-order valence-electron chi connectivity index (χ3n) is 7.31. The predicted octanol–water partition coefficient (Wildman–Crippen LogP) is 5.06. The van der Waals surface area contributed by atoms with Gasteiger partial charge in [0.25, 0.3) is 0 Å². The first kappa shape index (κ1) is 21.7. The number of rotatable bonds is 7. The summed E-state index contributed by atoms with van der Waals surface area (Å²) in [5.74, 6) is 2.67. The first-order valence-electron chi connectivity index (χ1n) is 11.6. The normalized spacial score (nSPS) is 22.0. The highest BCUT2D eigenvalue weighted by Crippen LogP contribution is 2.59. The molecule has 0 radical (unpaired) electrons. The summed E-state index contributed by atoms with van der Waals surface area (Å²) in [6.45, 7) is 5.94. The van der Waals surface area contributed by atoms with Crippen LogP contribution in [0.25, 0.3) is 0 Å². The summed E-state index contributed by atoms with van der Waals surface area (Å²) in [6, 6.07) is 14.4. The molecule has 5 rings (SSSR count). The predicted molar refractivity (Wildman–Crippen MR) is 128 cm³/mol. The molecule has 2 atom stereocenters. The molecule has 3 aliphatic rings. The summed E-state index contributed by atoms with van der Waals surface area (Å²) in [5.41, 5.74) is 2.45. The van der Waals surface area contributed by atoms with Crippen LogP contribution in [0.4, 0.5) is 5.69 Å². The molecule has 0 bridgehead atoms. The van der Waals surface area contributed by atoms with Crippen molar-refractivity contribution in [1.82, 2.24) is 4.90 Å². The van der Waals surface area contributed by atoms with Gasteiger partial charge in [-0.1, -0.05) is 13.0 Å². The molecule has 1 saturated heterocycles. The van der Waals surface area contributed by atoms with Crippen LogP contribution in [0.2, 0.25) is 0 Å². The van der Waals surface area contributed by atoms with E-state index in [-0.39, 0.29) is 17.2 Å². The lowest BCUT2D eigenvalue weighted by Gasteiger charge is -2.34. The number of nitrogens with zero attached hydrogens (tertiary/aromatic N) is 1. The maximum absolute atomic E-state index is 12.8. The quantitative estimate of drug-likeness (QED) is 0.596. The number of carbonyl (C=O) groups is 1. The van der Waals surface area contributed by atoms with Gasteiger partial charge >= 0.3 is 0 Å². The number of hydrogen-bond donors (Lipinski definition) is 1. The van der Waals surface area contributed by atoms with Crippen LogP contribution in [-0.2, 0) is 11.2 Å². The molecule has 1 saturated carbocycles. The largest absolute Gasteiger partial charge is 0.454 e. The molecule has 2 unspecified atom stereocenters. The van der Waals surface area contributed by atoms with Gasteiger partial charge in [-0.2, -0.15) is 0 Å². The molecule has 2 fully saturated rings. The zero-order valence-corrected chi connectivity index (χ0v) is 19.7. The number of hydrogen-bond acceptors (Lipinski definition) is 5. The van der Waals surface area contributed by atoms with Gasteiger partial charge < -0.3 is 19.7 Å². The molecular formula is C26H32N2O3S. The van der Waals surface area contributed by atoms with E-state index in [1.807, 2.05) is 18.2 Å². The number of likely N-dealkylation sites (tertiary alicyclic amines) is 1. The molecule has 6 heteroatoms. The molecule has 2 aromatic rings. The molecule has 1 aliphatic carbocycles. The number of ether oxygens (including phenoxy) is 2. The summed E-state index contributed by atoms with van der Waals surface area (Å²) in [6.07, 6.45) is 6.41. The number of piperidine rings is 1. The van der Waals surface area contributed by atoms with Gasteiger partial charge in [0.05, 0.1) is 0 Å². The van der Waals surface area contributed by atoms with Gasteiger partial charge in [-0.15, -0.1) is 11.8 Å². The Morgan fingerprint density at radius 2 is 1.91 bits per heavy atom. The number of benzene rings is 2. The molecule has 32 heavy (non-hydrogen) atoms. The van der Waals surface area contributed by atoms with Gasteiger partial charge in [0.1, 0.15) is 0 Å².